The van der Waals surface area contributed by atoms with Crippen LogP contribution in [0.2, 0.25) is 0 Å². The second kappa shape index (κ2) is 6.64. The van der Waals surface area contributed by atoms with Crippen LogP contribution < -0.4 is 5.32 Å². The van der Waals surface area contributed by atoms with Gasteiger partial charge in [-0.05, 0) is 12.8 Å². The molecular formula is C17H25N3O4S. The van der Waals surface area contributed by atoms with Crippen molar-refractivity contribution in [2.75, 3.05) is 20.6 Å². The van der Waals surface area contributed by atoms with Gasteiger partial charge in [-0.2, -0.15) is 0 Å². The highest BCUT2D eigenvalue weighted by molar-refractivity contribution is 8.03. The lowest BCUT2D eigenvalue weighted by Crippen LogP contribution is -2.60. The molecule has 3 heterocycles. The zero-order valence-corrected chi connectivity index (χ0v) is 15.8. The summed E-state index contributed by atoms with van der Waals surface area (Å²) >= 11 is 1.53. The number of nitrogens with zero attached hydrogens (tertiary/aromatic N) is 2. The van der Waals surface area contributed by atoms with E-state index in [1.54, 1.807) is 19.0 Å². The van der Waals surface area contributed by atoms with Crippen molar-refractivity contribution in [1.82, 2.24) is 15.1 Å². The van der Waals surface area contributed by atoms with E-state index < -0.39 is 5.97 Å². The minimum absolute atomic E-state index is 0.0281. The summed E-state index contributed by atoms with van der Waals surface area (Å²) in [6, 6.07) is -0.250. The van der Waals surface area contributed by atoms with Crippen LogP contribution in [-0.4, -0.2) is 70.7 Å². The molecule has 0 unspecified atom stereocenters. The number of β-lactam (4-membered cyclic amide) rings is 1. The van der Waals surface area contributed by atoms with Gasteiger partial charge in [0, 0.05) is 36.7 Å². The van der Waals surface area contributed by atoms with Crippen LogP contribution in [-0.2, 0) is 14.4 Å². The third-order valence-corrected chi connectivity index (χ3v) is 6.94. The second-order valence-electron chi connectivity index (χ2n) is 7.19. The molecule has 25 heavy (non-hydrogen) atoms. The summed E-state index contributed by atoms with van der Waals surface area (Å²) in [7, 11) is 3.46. The number of hydrogen-bond donors (Lipinski definition) is 2. The van der Waals surface area contributed by atoms with Gasteiger partial charge in [-0.15, -0.1) is 11.8 Å². The van der Waals surface area contributed by atoms with Crippen molar-refractivity contribution in [3.05, 3.63) is 10.6 Å². The number of nitrogens with one attached hydrogen (secondary N) is 1. The van der Waals surface area contributed by atoms with Crippen molar-refractivity contribution in [2.24, 2.45) is 11.8 Å². The van der Waals surface area contributed by atoms with Gasteiger partial charge in [-0.1, -0.05) is 13.8 Å². The first-order valence-electron chi connectivity index (χ1n) is 8.69. The Kier molecular flexibility index (Phi) is 4.85. The summed E-state index contributed by atoms with van der Waals surface area (Å²) in [5.41, 5.74) is 0.152. The van der Waals surface area contributed by atoms with Gasteiger partial charge in [-0.3, -0.25) is 9.59 Å². The van der Waals surface area contributed by atoms with E-state index in [0.717, 1.165) is 11.3 Å². The van der Waals surface area contributed by atoms with Gasteiger partial charge < -0.3 is 20.2 Å². The standard InChI is InChI=1S/C17H25N3O4S/c1-5-10-12-8(2)14(13(17(23)24)20(12)15(10)21)25-9-6-11(18-7-9)16(22)19(3)4/h8-12,18H,5-7H2,1-4H3,(H,23,24)/t8-,9+,10-,11+,12-/m1/s1. The first-order valence-corrected chi connectivity index (χ1v) is 9.57. The van der Waals surface area contributed by atoms with Gasteiger partial charge in [0.15, 0.2) is 0 Å². The molecule has 0 saturated carbocycles. The number of fused-ring (bicyclic) bond motifs is 1. The Bertz CT molecular complexity index is 648. The van der Waals surface area contributed by atoms with Crippen LogP contribution in [0.5, 0.6) is 0 Å². The molecule has 3 rings (SSSR count). The highest BCUT2D eigenvalue weighted by Crippen LogP contribution is 2.51. The summed E-state index contributed by atoms with van der Waals surface area (Å²) in [6.45, 7) is 4.64. The molecule has 0 aromatic rings. The van der Waals surface area contributed by atoms with E-state index in [1.165, 1.54) is 16.7 Å². The lowest BCUT2D eigenvalue weighted by atomic mass is 9.81. The average molecular weight is 367 g/mol. The van der Waals surface area contributed by atoms with E-state index in [1.807, 2.05) is 13.8 Å². The maximum atomic E-state index is 12.3. The molecule has 0 bridgehead atoms. The van der Waals surface area contributed by atoms with E-state index in [2.05, 4.69) is 5.32 Å². The monoisotopic (exact) mass is 367 g/mol. The predicted octanol–water partition coefficient (Wildman–Crippen LogP) is 0.721. The number of rotatable bonds is 5. The summed E-state index contributed by atoms with van der Waals surface area (Å²) in [5.74, 6) is -1.11. The maximum absolute atomic E-state index is 12.3. The molecule has 0 spiro atoms. The number of hydrogen-bond acceptors (Lipinski definition) is 5. The quantitative estimate of drug-likeness (QED) is 0.696. The van der Waals surface area contributed by atoms with Gasteiger partial charge >= 0.3 is 5.97 Å². The van der Waals surface area contributed by atoms with E-state index >= 15 is 0 Å². The topological polar surface area (TPSA) is 90.0 Å². The lowest BCUT2D eigenvalue weighted by Gasteiger charge is -2.44. The molecule has 3 aliphatic rings. The van der Waals surface area contributed by atoms with Crippen molar-refractivity contribution in [3.8, 4) is 0 Å². The zero-order valence-electron chi connectivity index (χ0n) is 15.0. The van der Waals surface area contributed by atoms with Crippen LogP contribution in [0.25, 0.3) is 0 Å². The highest BCUT2D eigenvalue weighted by Gasteiger charge is 2.58. The van der Waals surface area contributed by atoms with Crippen LogP contribution in [0.3, 0.4) is 0 Å². The Morgan fingerprint density at radius 3 is 2.64 bits per heavy atom. The fourth-order valence-electron chi connectivity index (χ4n) is 4.15. The lowest BCUT2D eigenvalue weighted by molar-refractivity contribution is -0.156. The number of carboxylic acids is 1. The molecule has 2 saturated heterocycles. The maximum Gasteiger partial charge on any atom is 0.353 e. The molecule has 2 N–H and O–H groups in total. The molecule has 0 aromatic heterocycles. The fraction of sp³-hybridized carbons (Fsp3) is 0.706. The second-order valence-corrected chi connectivity index (χ2v) is 8.53. The molecule has 3 aliphatic heterocycles. The third kappa shape index (κ3) is 2.85. The van der Waals surface area contributed by atoms with E-state index in [9.17, 15) is 19.5 Å². The molecule has 0 aromatic carbocycles. The fourth-order valence-corrected chi connectivity index (χ4v) is 5.63. The van der Waals surface area contributed by atoms with Gasteiger partial charge in [0.05, 0.1) is 18.0 Å². The predicted molar refractivity (Wildman–Crippen MR) is 94.7 cm³/mol. The molecule has 2 amide bonds. The Hall–Kier alpha value is -1.54. The van der Waals surface area contributed by atoms with Crippen LogP contribution in [0.15, 0.2) is 10.6 Å². The van der Waals surface area contributed by atoms with Crippen LogP contribution in [0.4, 0.5) is 0 Å². The minimum atomic E-state index is -1.04. The van der Waals surface area contributed by atoms with Crippen LogP contribution in [0.1, 0.15) is 26.7 Å². The van der Waals surface area contributed by atoms with Crippen molar-refractivity contribution >= 4 is 29.5 Å². The van der Waals surface area contributed by atoms with Crippen molar-refractivity contribution in [2.45, 2.75) is 44.0 Å². The molecule has 2 fully saturated rings. The molecule has 0 aliphatic carbocycles. The molecular weight excluding hydrogens is 342 g/mol. The molecule has 8 heteroatoms. The summed E-state index contributed by atoms with van der Waals surface area (Å²) in [4.78, 5) is 40.0. The highest BCUT2D eigenvalue weighted by atomic mass is 32.2. The average Bonchev–Trinajstić information content (AvgIpc) is 3.10. The SMILES string of the molecule is CC[C@H]1C(=O)N2C(C(=O)O)=C(S[C@@H]3CN[C@H](C(=O)N(C)C)C3)[C@H](C)[C@H]12. The van der Waals surface area contributed by atoms with Gasteiger partial charge in [-0.25, -0.2) is 4.79 Å². The summed E-state index contributed by atoms with van der Waals surface area (Å²) in [5, 5.41) is 13.0. The van der Waals surface area contributed by atoms with Crippen LogP contribution >= 0.6 is 11.8 Å². The Labute approximate surface area is 151 Å². The first-order chi connectivity index (χ1) is 11.8. The number of carbonyl (C=O) groups is 3. The van der Waals surface area contributed by atoms with Gasteiger partial charge in [0.1, 0.15) is 5.70 Å². The molecule has 7 nitrogen and oxygen atoms in total. The van der Waals surface area contributed by atoms with Gasteiger partial charge in [0.25, 0.3) is 0 Å². The molecule has 0 radical (unpaired) electrons. The number of aliphatic carboxylic acids is 1. The largest absolute Gasteiger partial charge is 0.477 e. The number of carboxylic acid groups (broad SMARTS) is 1. The Balaban J connectivity index is 1.77. The first kappa shape index (κ1) is 18.3. The van der Waals surface area contributed by atoms with Crippen molar-refractivity contribution < 1.29 is 19.5 Å². The summed E-state index contributed by atoms with van der Waals surface area (Å²) < 4.78 is 0. The third-order valence-electron chi connectivity index (χ3n) is 5.43. The van der Waals surface area contributed by atoms with E-state index in [4.69, 9.17) is 0 Å². The number of carbonyl (C=O) groups excluding carboxylic acids is 2. The summed E-state index contributed by atoms with van der Waals surface area (Å²) in [6.07, 6.45) is 1.40. The Morgan fingerprint density at radius 2 is 2.08 bits per heavy atom. The smallest absolute Gasteiger partial charge is 0.353 e. The van der Waals surface area contributed by atoms with Crippen molar-refractivity contribution in [1.29, 1.82) is 0 Å². The van der Waals surface area contributed by atoms with Crippen molar-refractivity contribution in [3.63, 3.8) is 0 Å². The minimum Gasteiger partial charge on any atom is -0.477 e. The van der Waals surface area contributed by atoms with E-state index in [0.29, 0.717) is 13.0 Å². The van der Waals surface area contributed by atoms with Crippen LogP contribution in [0, 0.1) is 11.8 Å². The number of likely N-dealkylation sites (N-methyl/N-ethyl adjacent to an activating group) is 1. The zero-order chi connectivity index (χ0) is 18.5. The molecule has 5 atom stereocenters. The number of amides is 2. The number of thioether (sulfide) groups is 1. The molecule has 138 valence electrons. The van der Waals surface area contributed by atoms with E-state index in [-0.39, 0.29) is 46.7 Å². The van der Waals surface area contributed by atoms with Gasteiger partial charge in [0.2, 0.25) is 11.8 Å². The normalized spacial score (nSPS) is 34.2. The Morgan fingerprint density at radius 1 is 1.40 bits per heavy atom.